The number of aromatic nitrogens is 2. The van der Waals surface area contributed by atoms with Crippen molar-refractivity contribution in [2.45, 2.75) is 33.2 Å². The number of carbonyl (C=O) groups is 1. The minimum absolute atomic E-state index is 0.00139. The molecule has 1 N–H and O–H groups in total. The van der Waals surface area contributed by atoms with Gasteiger partial charge in [-0.1, -0.05) is 6.92 Å². The van der Waals surface area contributed by atoms with E-state index < -0.39 is 0 Å². The largest absolute Gasteiger partial charge is 0.394 e. The fraction of sp³-hybridized carbons (Fsp3) is 0.692. The van der Waals surface area contributed by atoms with Gasteiger partial charge in [0, 0.05) is 19.3 Å². The Morgan fingerprint density at radius 3 is 2.67 bits per heavy atom. The lowest BCUT2D eigenvalue weighted by molar-refractivity contribution is 0.0646. The predicted octanol–water partition coefficient (Wildman–Crippen LogP) is 0.880. The molecule has 2 heterocycles. The number of hydrogen-bond donors (Lipinski definition) is 1. The Bertz CT molecular complexity index is 467. The quantitative estimate of drug-likeness (QED) is 0.849. The number of aryl methyl sites for hydroxylation is 2. The van der Waals surface area contributed by atoms with Crippen molar-refractivity contribution < 1.29 is 9.90 Å². The molecule has 0 saturated carbocycles. The van der Waals surface area contributed by atoms with Crippen molar-refractivity contribution >= 4 is 5.91 Å². The van der Waals surface area contributed by atoms with Gasteiger partial charge < -0.3 is 10.0 Å². The Labute approximate surface area is 107 Å². The van der Waals surface area contributed by atoms with Gasteiger partial charge >= 0.3 is 0 Å². The average molecular weight is 251 g/mol. The Morgan fingerprint density at radius 2 is 2.17 bits per heavy atom. The van der Waals surface area contributed by atoms with Crippen LogP contribution in [0.5, 0.6) is 0 Å². The van der Waals surface area contributed by atoms with Crippen molar-refractivity contribution in [3.63, 3.8) is 0 Å². The van der Waals surface area contributed by atoms with Gasteiger partial charge in [0.15, 0.2) is 0 Å². The molecular formula is C13H21N3O2. The van der Waals surface area contributed by atoms with E-state index in [4.69, 9.17) is 0 Å². The first-order chi connectivity index (χ1) is 8.47. The van der Waals surface area contributed by atoms with E-state index in [0.717, 1.165) is 24.4 Å². The Morgan fingerprint density at radius 1 is 1.50 bits per heavy atom. The number of carbonyl (C=O) groups excluding carboxylic acids is 1. The van der Waals surface area contributed by atoms with Gasteiger partial charge in [0.25, 0.3) is 5.91 Å². The second-order valence-corrected chi connectivity index (χ2v) is 5.18. The van der Waals surface area contributed by atoms with Crippen LogP contribution in [0.3, 0.4) is 0 Å². The SMILES string of the molecule is Cc1nn(C)c(C)c1C(=O)N1CCC(C)C1CO. The molecule has 5 heteroatoms. The highest BCUT2D eigenvalue weighted by molar-refractivity contribution is 5.96. The van der Waals surface area contributed by atoms with Gasteiger partial charge in [0.2, 0.25) is 0 Å². The summed E-state index contributed by atoms with van der Waals surface area (Å²) in [6.45, 7) is 6.59. The molecule has 0 radical (unpaired) electrons. The molecule has 2 rings (SSSR count). The number of hydrogen-bond acceptors (Lipinski definition) is 3. The van der Waals surface area contributed by atoms with E-state index in [2.05, 4.69) is 12.0 Å². The highest BCUT2D eigenvalue weighted by Crippen LogP contribution is 2.26. The number of aliphatic hydroxyl groups excluding tert-OH is 1. The molecule has 2 unspecified atom stereocenters. The highest BCUT2D eigenvalue weighted by atomic mass is 16.3. The zero-order chi connectivity index (χ0) is 13.4. The predicted molar refractivity (Wildman–Crippen MR) is 68.4 cm³/mol. The van der Waals surface area contributed by atoms with Crippen LogP contribution in [0.15, 0.2) is 0 Å². The zero-order valence-corrected chi connectivity index (χ0v) is 11.5. The van der Waals surface area contributed by atoms with Crippen molar-refractivity contribution in [1.82, 2.24) is 14.7 Å². The summed E-state index contributed by atoms with van der Waals surface area (Å²) >= 11 is 0. The lowest BCUT2D eigenvalue weighted by Gasteiger charge is -2.25. The summed E-state index contributed by atoms with van der Waals surface area (Å²) in [6.07, 6.45) is 0.954. The summed E-state index contributed by atoms with van der Waals surface area (Å²) in [5, 5.41) is 13.7. The van der Waals surface area contributed by atoms with E-state index in [9.17, 15) is 9.90 Å². The van der Waals surface area contributed by atoms with E-state index in [1.807, 2.05) is 20.9 Å². The number of aliphatic hydroxyl groups is 1. The molecule has 1 aliphatic heterocycles. The fourth-order valence-corrected chi connectivity index (χ4v) is 2.77. The van der Waals surface area contributed by atoms with Crippen molar-refractivity contribution in [2.24, 2.45) is 13.0 Å². The van der Waals surface area contributed by atoms with Gasteiger partial charge in [-0.25, -0.2) is 0 Å². The van der Waals surface area contributed by atoms with E-state index in [1.165, 1.54) is 0 Å². The molecule has 100 valence electrons. The smallest absolute Gasteiger partial charge is 0.257 e. The summed E-state index contributed by atoms with van der Waals surface area (Å²) < 4.78 is 1.73. The number of amides is 1. The molecule has 18 heavy (non-hydrogen) atoms. The minimum Gasteiger partial charge on any atom is -0.394 e. The normalized spacial score (nSPS) is 23.7. The van der Waals surface area contributed by atoms with E-state index in [1.54, 1.807) is 9.58 Å². The summed E-state index contributed by atoms with van der Waals surface area (Å²) in [5.74, 6) is 0.359. The third-order valence-electron chi connectivity index (χ3n) is 4.05. The van der Waals surface area contributed by atoms with Gasteiger partial charge in [-0.2, -0.15) is 5.10 Å². The van der Waals surface area contributed by atoms with Crippen LogP contribution in [0.1, 0.15) is 35.1 Å². The second kappa shape index (κ2) is 4.72. The molecule has 0 spiro atoms. The molecule has 1 aliphatic rings. The summed E-state index contributed by atoms with van der Waals surface area (Å²) in [4.78, 5) is 14.4. The topological polar surface area (TPSA) is 58.4 Å². The van der Waals surface area contributed by atoms with Crippen molar-refractivity contribution in [2.75, 3.05) is 13.2 Å². The first-order valence-corrected chi connectivity index (χ1v) is 6.39. The fourth-order valence-electron chi connectivity index (χ4n) is 2.77. The lowest BCUT2D eigenvalue weighted by Crippen LogP contribution is -2.40. The van der Waals surface area contributed by atoms with Crippen LogP contribution in [0.2, 0.25) is 0 Å². The second-order valence-electron chi connectivity index (χ2n) is 5.18. The first-order valence-electron chi connectivity index (χ1n) is 6.39. The van der Waals surface area contributed by atoms with Gasteiger partial charge in [-0.05, 0) is 26.2 Å². The van der Waals surface area contributed by atoms with Gasteiger partial charge in [-0.15, -0.1) is 0 Å². The molecule has 0 aromatic carbocycles. The molecule has 1 fully saturated rings. The number of likely N-dealkylation sites (tertiary alicyclic amines) is 1. The van der Waals surface area contributed by atoms with Crippen LogP contribution >= 0.6 is 0 Å². The molecule has 1 aromatic heterocycles. The van der Waals surface area contributed by atoms with Crippen LogP contribution in [-0.4, -0.2) is 44.9 Å². The molecule has 1 aromatic rings. The first kappa shape index (κ1) is 13.1. The molecule has 0 bridgehead atoms. The van der Waals surface area contributed by atoms with Crippen LogP contribution < -0.4 is 0 Å². The summed E-state index contributed by atoms with van der Waals surface area (Å²) in [6, 6.07) is -0.0588. The molecule has 5 nitrogen and oxygen atoms in total. The lowest BCUT2D eigenvalue weighted by atomic mass is 10.0. The summed E-state index contributed by atoms with van der Waals surface area (Å²) in [5.41, 5.74) is 2.33. The average Bonchev–Trinajstić information content (AvgIpc) is 2.80. The molecule has 2 atom stereocenters. The van der Waals surface area contributed by atoms with Crippen molar-refractivity contribution in [1.29, 1.82) is 0 Å². The van der Waals surface area contributed by atoms with Crippen molar-refractivity contribution in [3.8, 4) is 0 Å². The van der Waals surface area contributed by atoms with Crippen LogP contribution in [0.25, 0.3) is 0 Å². The van der Waals surface area contributed by atoms with Gasteiger partial charge in [-0.3, -0.25) is 9.48 Å². The Balaban J connectivity index is 2.32. The van der Waals surface area contributed by atoms with Crippen molar-refractivity contribution in [3.05, 3.63) is 17.0 Å². The van der Waals surface area contributed by atoms with Gasteiger partial charge in [0.1, 0.15) is 0 Å². The highest BCUT2D eigenvalue weighted by Gasteiger charge is 2.36. The van der Waals surface area contributed by atoms with Gasteiger partial charge in [0.05, 0.1) is 23.9 Å². The Kier molecular flexibility index (Phi) is 3.43. The third kappa shape index (κ3) is 1.92. The van der Waals surface area contributed by atoms with E-state index >= 15 is 0 Å². The van der Waals surface area contributed by atoms with E-state index in [0.29, 0.717) is 11.5 Å². The maximum absolute atomic E-state index is 12.6. The number of nitrogens with zero attached hydrogens (tertiary/aromatic N) is 3. The van der Waals surface area contributed by atoms with Crippen LogP contribution in [-0.2, 0) is 7.05 Å². The number of rotatable bonds is 2. The zero-order valence-electron chi connectivity index (χ0n) is 11.5. The third-order valence-corrected chi connectivity index (χ3v) is 4.05. The van der Waals surface area contributed by atoms with E-state index in [-0.39, 0.29) is 18.6 Å². The van der Waals surface area contributed by atoms with Crippen LogP contribution in [0, 0.1) is 19.8 Å². The Hall–Kier alpha value is -1.36. The molecular weight excluding hydrogens is 230 g/mol. The maximum atomic E-state index is 12.6. The molecule has 0 aliphatic carbocycles. The monoisotopic (exact) mass is 251 g/mol. The maximum Gasteiger partial charge on any atom is 0.257 e. The minimum atomic E-state index is -0.0588. The standard InChI is InChI=1S/C13H21N3O2/c1-8-5-6-16(11(8)7-17)13(18)12-9(2)14-15(4)10(12)3/h8,11,17H,5-7H2,1-4H3. The molecule has 1 amide bonds. The van der Waals surface area contributed by atoms with Crippen LogP contribution in [0.4, 0.5) is 0 Å². The molecule has 1 saturated heterocycles. The summed E-state index contributed by atoms with van der Waals surface area (Å²) in [7, 11) is 1.84.